The molecular formula is C21H27N3O5S. The van der Waals surface area contributed by atoms with E-state index in [0.29, 0.717) is 38.2 Å². The number of amides is 2. The van der Waals surface area contributed by atoms with Gasteiger partial charge in [-0.2, -0.15) is 4.31 Å². The van der Waals surface area contributed by atoms with Gasteiger partial charge in [0.05, 0.1) is 11.2 Å². The molecule has 0 unspecified atom stereocenters. The lowest BCUT2D eigenvalue weighted by Gasteiger charge is -2.24. The van der Waals surface area contributed by atoms with Crippen molar-refractivity contribution in [3.8, 4) is 0 Å². The summed E-state index contributed by atoms with van der Waals surface area (Å²) in [4.78, 5) is 27.2. The second-order valence-electron chi connectivity index (χ2n) is 7.19. The van der Waals surface area contributed by atoms with Gasteiger partial charge in [0.2, 0.25) is 15.9 Å². The van der Waals surface area contributed by atoms with E-state index in [1.165, 1.54) is 21.5 Å². The lowest BCUT2D eigenvalue weighted by atomic mass is 10.1. The third kappa shape index (κ3) is 4.27. The number of furan rings is 1. The average Bonchev–Trinajstić information content (AvgIpc) is 3.42. The van der Waals surface area contributed by atoms with Gasteiger partial charge in [-0.1, -0.05) is 19.9 Å². The highest BCUT2D eigenvalue weighted by molar-refractivity contribution is 7.89. The molecule has 9 heteroatoms. The van der Waals surface area contributed by atoms with Gasteiger partial charge >= 0.3 is 0 Å². The minimum atomic E-state index is -3.64. The Bertz CT molecular complexity index is 1010. The molecule has 0 bridgehead atoms. The van der Waals surface area contributed by atoms with Gasteiger partial charge in [0.25, 0.3) is 5.91 Å². The second-order valence-corrected chi connectivity index (χ2v) is 9.13. The smallest absolute Gasteiger partial charge is 0.290 e. The van der Waals surface area contributed by atoms with E-state index < -0.39 is 16.1 Å². The Labute approximate surface area is 176 Å². The predicted molar refractivity (Wildman–Crippen MR) is 113 cm³/mol. The van der Waals surface area contributed by atoms with Crippen LogP contribution < -0.4 is 5.32 Å². The first-order valence-corrected chi connectivity index (χ1v) is 11.5. The Morgan fingerprint density at radius 1 is 1.23 bits per heavy atom. The molecule has 30 heavy (non-hydrogen) atoms. The normalized spacial score (nSPS) is 16.8. The lowest BCUT2D eigenvalue weighted by molar-refractivity contribution is -0.119. The van der Waals surface area contributed by atoms with E-state index in [4.69, 9.17) is 4.42 Å². The van der Waals surface area contributed by atoms with Crippen molar-refractivity contribution in [3.05, 3.63) is 47.9 Å². The first-order chi connectivity index (χ1) is 14.3. The Hall–Kier alpha value is -2.65. The predicted octanol–water partition coefficient (Wildman–Crippen LogP) is 2.86. The van der Waals surface area contributed by atoms with Crippen LogP contribution in [0.2, 0.25) is 0 Å². The van der Waals surface area contributed by atoms with Crippen LogP contribution in [-0.2, 0) is 14.8 Å². The summed E-state index contributed by atoms with van der Waals surface area (Å²) in [6.07, 6.45) is 2.66. The molecule has 1 aliphatic rings. The summed E-state index contributed by atoms with van der Waals surface area (Å²) in [5.74, 6) is -0.474. The fourth-order valence-electron chi connectivity index (χ4n) is 3.65. The van der Waals surface area contributed by atoms with E-state index in [1.807, 2.05) is 0 Å². The second kappa shape index (κ2) is 9.01. The van der Waals surface area contributed by atoms with E-state index in [1.54, 1.807) is 45.0 Å². The maximum atomic E-state index is 13.0. The van der Waals surface area contributed by atoms with Crippen molar-refractivity contribution in [2.24, 2.45) is 0 Å². The third-order valence-corrected chi connectivity index (χ3v) is 7.40. The molecule has 2 heterocycles. The lowest BCUT2D eigenvalue weighted by Crippen LogP contribution is -2.43. The number of anilines is 1. The Kier molecular flexibility index (Phi) is 6.62. The number of rotatable bonds is 7. The molecule has 8 nitrogen and oxygen atoms in total. The van der Waals surface area contributed by atoms with Crippen LogP contribution in [0.4, 0.5) is 5.69 Å². The Morgan fingerprint density at radius 2 is 1.97 bits per heavy atom. The number of sulfonamides is 1. The largest absolute Gasteiger partial charge is 0.459 e. The Morgan fingerprint density at radius 3 is 2.60 bits per heavy atom. The number of hydrogen-bond acceptors (Lipinski definition) is 5. The van der Waals surface area contributed by atoms with Crippen LogP contribution in [0.15, 0.2) is 45.9 Å². The summed E-state index contributed by atoms with van der Waals surface area (Å²) < 4.78 is 32.2. The molecule has 2 aromatic rings. The van der Waals surface area contributed by atoms with E-state index in [-0.39, 0.29) is 22.5 Å². The van der Waals surface area contributed by atoms with E-state index in [9.17, 15) is 18.0 Å². The zero-order valence-corrected chi connectivity index (χ0v) is 18.2. The van der Waals surface area contributed by atoms with Gasteiger partial charge in [-0.05, 0) is 49.6 Å². The van der Waals surface area contributed by atoms with Crippen LogP contribution >= 0.6 is 0 Å². The molecule has 0 aliphatic carbocycles. The van der Waals surface area contributed by atoms with Crippen LogP contribution in [0.5, 0.6) is 0 Å². The first-order valence-electron chi connectivity index (χ1n) is 10.1. The maximum absolute atomic E-state index is 13.0. The van der Waals surface area contributed by atoms with Gasteiger partial charge < -0.3 is 14.6 Å². The molecular weight excluding hydrogens is 406 g/mol. The summed E-state index contributed by atoms with van der Waals surface area (Å²) in [7, 11) is -3.64. The minimum Gasteiger partial charge on any atom is -0.459 e. The van der Waals surface area contributed by atoms with Crippen LogP contribution in [0.25, 0.3) is 0 Å². The number of nitrogens with zero attached hydrogens (tertiary/aromatic N) is 2. The SMILES string of the molecule is CCN(CC)S(=O)(=O)c1ccc(C)c(NC(=O)[C@@H]2CCCN2C(=O)c2ccco2)c1. The van der Waals surface area contributed by atoms with Crippen LogP contribution in [-0.4, -0.2) is 55.1 Å². The zero-order valence-electron chi connectivity index (χ0n) is 17.4. The monoisotopic (exact) mass is 433 g/mol. The van der Waals surface area contributed by atoms with Crippen molar-refractivity contribution in [3.63, 3.8) is 0 Å². The van der Waals surface area contributed by atoms with E-state index in [0.717, 1.165) is 5.56 Å². The van der Waals surface area contributed by atoms with Crippen LogP contribution in [0, 0.1) is 6.92 Å². The molecule has 1 N–H and O–H groups in total. The van der Waals surface area contributed by atoms with E-state index >= 15 is 0 Å². The van der Waals surface area contributed by atoms with Crippen molar-refractivity contribution >= 4 is 27.5 Å². The van der Waals surface area contributed by atoms with Gasteiger partial charge in [-0.25, -0.2) is 8.42 Å². The summed E-state index contributed by atoms with van der Waals surface area (Å²) >= 11 is 0. The fraction of sp³-hybridized carbons (Fsp3) is 0.429. The standard InChI is InChI=1S/C21H27N3O5S/c1-4-23(5-2)30(27,28)16-11-10-15(3)17(14-16)22-20(25)18-8-6-12-24(18)21(26)19-9-7-13-29-19/h7,9-11,13-14,18H,4-6,8,12H2,1-3H3,(H,22,25)/t18-/m0/s1. The number of benzene rings is 1. The summed E-state index contributed by atoms with van der Waals surface area (Å²) in [6, 6.07) is 7.26. The van der Waals surface area contributed by atoms with Gasteiger partial charge in [0.15, 0.2) is 5.76 Å². The molecule has 1 fully saturated rings. The number of nitrogens with one attached hydrogen (secondary N) is 1. The van der Waals surface area contributed by atoms with Gasteiger partial charge in [0.1, 0.15) is 6.04 Å². The molecule has 0 saturated carbocycles. The molecule has 0 spiro atoms. The highest BCUT2D eigenvalue weighted by Gasteiger charge is 2.36. The fourth-order valence-corrected chi connectivity index (χ4v) is 5.13. The highest BCUT2D eigenvalue weighted by atomic mass is 32.2. The number of carbonyl (C=O) groups is 2. The number of hydrogen-bond donors (Lipinski definition) is 1. The van der Waals surface area contributed by atoms with Crippen LogP contribution in [0.3, 0.4) is 0 Å². The Balaban J connectivity index is 1.82. The van der Waals surface area contributed by atoms with Crippen molar-refractivity contribution in [2.45, 2.75) is 44.6 Å². The summed E-state index contributed by atoms with van der Waals surface area (Å²) in [6.45, 7) is 6.54. The van der Waals surface area contributed by atoms with Crippen molar-refractivity contribution in [1.29, 1.82) is 0 Å². The molecule has 1 atom stereocenters. The molecule has 1 aliphatic heterocycles. The topological polar surface area (TPSA) is 99.9 Å². The zero-order chi connectivity index (χ0) is 21.9. The molecule has 1 aromatic heterocycles. The number of carbonyl (C=O) groups excluding carboxylic acids is 2. The van der Waals surface area contributed by atoms with Crippen molar-refractivity contribution in [2.75, 3.05) is 25.0 Å². The molecule has 2 amide bonds. The average molecular weight is 434 g/mol. The first kappa shape index (κ1) is 22.0. The highest BCUT2D eigenvalue weighted by Crippen LogP contribution is 2.26. The maximum Gasteiger partial charge on any atom is 0.290 e. The summed E-state index contributed by atoms with van der Waals surface area (Å²) in [5, 5.41) is 2.82. The molecule has 162 valence electrons. The van der Waals surface area contributed by atoms with Crippen molar-refractivity contribution in [1.82, 2.24) is 9.21 Å². The number of likely N-dealkylation sites (tertiary alicyclic amines) is 1. The third-order valence-electron chi connectivity index (χ3n) is 5.36. The van der Waals surface area contributed by atoms with Gasteiger partial charge in [0, 0.05) is 25.3 Å². The molecule has 1 saturated heterocycles. The number of aryl methyl sites for hydroxylation is 1. The minimum absolute atomic E-state index is 0.127. The molecule has 1 aromatic carbocycles. The van der Waals surface area contributed by atoms with Gasteiger partial charge in [-0.15, -0.1) is 0 Å². The van der Waals surface area contributed by atoms with Crippen molar-refractivity contribution < 1.29 is 22.4 Å². The molecule has 0 radical (unpaired) electrons. The van der Waals surface area contributed by atoms with Crippen LogP contribution in [0.1, 0.15) is 42.8 Å². The quantitative estimate of drug-likeness (QED) is 0.724. The molecule has 3 rings (SSSR count). The summed E-state index contributed by atoms with van der Waals surface area (Å²) in [5.41, 5.74) is 1.16. The van der Waals surface area contributed by atoms with Gasteiger partial charge in [-0.3, -0.25) is 9.59 Å². The van der Waals surface area contributed by atoms with E-state index in [2.05, 4.69) is 5.32 Å².